The summed E-state index contributed by atoms with van der Waals surface area (Å²) in [7, 11) is 0. The van der Waals surface area contributed by atoms with Gasteiger partial charge >= 0.3 is 0 Å². The van der Waals surface area contributed by atoms with Gasteiger partial charge in [0.05, 0.1) is 12.1 Å². The Morgan fingerprint density at radius 1 is 1.30 bits per heavy atom. The fourth-order valence-corrected chi connectivity index (χ4v) is 2.46. The summed E-state index contributed by atoms with van der Waals surface area (Å²) < 4.78 is 0.790. The van der Waals surface area contributed by atoms with Crippen LogP contribution in [0.2, 0.25) is 5.02 Å². The summed E-state index contributed by atoms with van der Waals surface area (Å²) in [6, 6.07) is 10.1. The number of aryl methyl sites for hydroxylation is 1. The maximum atomic E-state index is 12.0. The number of phenols is 1. The van der Waals surface area contributed by atoms with Crippen molar-refractivity contribution in [3.8, 4) is 5.75 Å². The van der Waals surface area contributed by atoms with Crippen molar-refractivity contribution in [1.29, 1.82) is 0 Å². The van der Waals surface area contributed by atoms with Crippen molar-refractivity contribution in [2.45, 2.75) is 13.3 Å². The third kappa shape index (κ3) is 3.74. The van der Waals surface area contributed by atoms with Gasteiger partial charge in [0, 0.05) is 9.50 Å². The maximum absolute atomic E-state index is 12.0. The highest BCUT2D eigenvalue weighted by molar-refractivity contribution is 9.10. The molecule has 0 unspecified atom stereocenters. The molecule has 0 radical (unpaired) electrons. The van der Waals surface area contributed by atoms with Gasteiger partial charge in [-0.05, 0) is 58.2 Å². The van der Waals surface area contributed by atoms with Crippen LogP contribution >= 0.6 is 27.5 Å². The van der Waals surface area contributed by atoms with Gasteiger partial charge in [0.15, 0.2) is 0 Å². The number of carbonyl (C=O) groups is 1. The molecule has 0 saturated heterocycles. The van der Waals surface area contributed by atoms with E-state index in [2.05, 4.69) is 21.2 Å². The molecule has 2 aromatic rings. The van der Waals surface area contributed by atoms with Gasteiger partial charge in [0.2, 0.25) is 5.91 Å². The summed E-state index contributed by atoms with van der Waals surface area (Å²) in [6.45, 7) is 1.90. The van der Waals surface area contributed by atoms with Gasteiger partial charge in [0.1, 0.15) is 5.75 Å². The quantitative estimate of drug-likeness (QED) is 0.863. The number of aromatic hydroxyl groups is 1. The third-order valence-electron chi connectivity index (χ3n) is 2.82. The van der Waals surface area contributed by atoms with Gasteiger partial charge in [-0.25, -0.2) is 0 Å². The number of hydrogen-bond acceptors (Lipinski definition) is 2. The normalized spacial score (nSPS) is 10.3. The van der Waals surface area contributed by atoms with Gasteiger partial charge in [-0.2, -0.15) is 0 Å². The molecule has 3 nitrogen and oxygen atoms in total. The van der Waals surface area contributed by atoms with Crippen LogP contribution in [-0.4, -0.2) is 11.0 Å². The lowest BCUT2D eigenvalue weighted by Gasteiger charge is -2.09. The predicted molar refractivity (Wildman–Crippen MR) is 84.3 cm³/mol. The number of anilines is 1. The lowest BCUT2D eigenvalue weighted by atomic mass is 10.1. The van der Waals surface area contributed by atoms with E-state index in [9.17, 15) is 9.90 Å². The van der Waals surface area contributed by atoms with Crippen LogP contribution in [0.1, 0.15) is 11.1 Å². The van der Waals surface area contributed by atoms with E-state index in [4.69, 9.17) is 11.6 Å². The second-order valence-electron chi connectivity index (χ2n) is 4.47. The molecule has 104 valence electrons. The average molecular weight is 355 g/mol. The number of amides is 1. The Balaban J connectivity index is 2.08. The number of benzene rings is 2. The Bertz CT molecular complexity index is 641. The van der Waals surface area contributed by atoms with Crippen LogP contribution in [0.15, 0.2) is 40.9 Å². The summed E-state index contributed by atoms with van der Waals surface area (Å²) in [6.07, 6.45) is 0.234. The van der Waals surface area contributed by atoms with E-state index in [-0.39, 0.29) is 18.1 Å². The minimum absolute atomic E-state index is 0.142. The number of nitrogens with one attached hydrogen (secondary N) is 1. The van der Waals surface area contributed by atoms with E-state index < -0.39 is 0 Å². The number of hydrogen-bond donors (Lipinski definition) is 2. The fourth-order valence-electron chi connectivity index (χ4n) is 1.74. The first-order valence-electron chi connectivity index (χ1n) is 5.99. The van der Waals surface area contributed by atoms with E-state index in [0.717, 1.165) is 15.6 Å². The highest BCUT2D eigenvalue weighted by Gasteiger charge is 2.09. The van der Waals surface area contributed by atoms with Gasteiger partial charge in [-0.15, -0.1) is 0 Å². The average Bonchev–Trinajstić information content (AvgIpc) is 2.39. The van der Waals surface area contributed by atoms with Crippen LogP contribution in [0.4, 0.5) is 5.69 Å². The molecule has 0 aromatic heterocycles. The van der Waals surface area contributed by atoms with E-state index in [0.29, 0.717) is 10.7 Å². The lowest BCUT2D eigenvalue weighted by Crippen LogP contribution is -2.14. The molecule has 1 amide bonds. The molecule has 2 aromatic carbocycles. The molecule has 2 N–H and O–H groups in total. The molecule has 20 heavy (non-hydrogen) atoms. The molecular weight excluding hydrogens is 342 g/mol. The zero-order valence-electron chi connectivity index (χ0n) is 10.8. The first-order valence-corrected chi connectivity index (χ1v) is 7.16. The fraction of sp³-hybridized carbons (Fsp3) is 0.133. The molecule has 0 spiro atoms. The number of carbonyl (C=O) groups excluding carboxylic acids is 1. The SMILES string of the molecule is Cc1cc(Br)c(NC(=O)Cc2ccc(O)cc2)cc1Cl. The monoisotopic (exact) mass is 353 g/mol. The van der Waals surface area contributed by atoms with E-state index >= 15 is 0 Å². The smallest absolute Gasteiger partial charge is 0.228 e. The van der Waals surface area contributed by atoms with Crippen molar-refractivity contribution < 1.29 is 9.90 Å². The molecule has 2 rings (SSSR count). The minimum Gasteiger partial charge on any atom is -0.508 e. The summed E-state index contributed by atoms with van der Waals surface area (Å²) in [5.41, 5.74) is 2.41. The van der Waals surface area contributed by atoms with Gasteiger partial charge < -0.3 is 10.4 Å². The standard InChI is InChI=1S/C15H13BrClNO2/c1-9-6-12(16)14(8-13(9)17)18-15(20)7-10-2-4-11(19)5-3-10/h2-6,8,19H,7H2,1H3,(H,18,20). The van der Waals surface area contributed by atoms with Crippen LogP contribution in [-0.2, 0) is 11.2 Å². The molecule has 0 saturated carbocycles. The molecular formula is C15H13BrClNO2. The Morgan fingerprint density at radius 2 is 1.95 bits per heavy atom. The minimum atomic E-state index is -0.142. The van der Waals surface area contributed by atoms with E-state index in [1.807, 2.05) is 13.0 Å². The van der Waals surface area contributed by atoms with Crippen LogP contribution < -0.4 is 5.32 Å². The van der Waals surface area contributed by atoms with Crippen LogP contribution in [0.3, 0.4) is 0 Å². The van der Waals surface area contributed by atoms with Crippen molar-refractivity contribution in [3.63, 3.8) is 0 Å². The molecule has 0 aliphatic rings. The molecule has 0 aliphatic carbocycles. The second kappa shape index (κ2) is 6.29. The molecule has 0 fully saturated rings. The highest BCUT2D eigenvalue weighted by Crippen LogP contribution is 2.29. The van der Waals surface area contributed by atoms with Gasteiger partial charge in [0.25, 0.3) is 0 Å². The van der Waals surface area contributed by atoms with Crippen LogP contribution in [0.25, 0.3) is 0 Å². The highest BCUT2D eigenvalue weighted by atomic mass is 79.9. The first-order chi connectivity index (χ1) is 9.45. The second-order valence-corrected chi connectivity index (χ2v) is 5.73. The maximum Gasteiger partial charge on any atom is 0.228 e. The predicted octanol–water partition coefficient (Wildman–Crippen LogP) is 4.30. The van der Waals surface area contributed by atoms with Crippen LogP contribution in [0.5, 0.6) is 5.75 Å². The number of phenolic OH excluding ortho intramolecular Hbond substituents is 1. The lowest BCUT2D eigenvalue weighted by molar-refractivity contribution is -0.115. The molecule has 0 bridgehead atoms. The van der Waals surface area contributed by atoms with Crippen molar-refractivity contribution in [3.05, 3.63) is 57.0 Å². The number of rotatable bonds is 3. The van der Waals surface area contributed by atoms with Crippen molar-refractivity contribution in [2.24, 2.45) is 0 Å². The summed E-state index contributed by atoms with van der Waals surface area (Å²) >= 11 is 9.45. The molecule has 0 atom stereocenters. The van der Waals surface area contributed by atoms with Crippen molar-refractivity contribution in [1.82, 2.24) is 0 Å². The van der Waals surface area contributed by atoms with Crippen LogP contribution in [0, 0.1) is 6.92 Å². The van der Waals surface area contributed by atoms with Gasteiger partial charge in [-0.3, -0.25) is 4.79 Å². The largest absolute Gasteiger partial charge is 0.508 e. The number of halogens is 2. The zero-order valence-corrected chi connectivity index (χ0v) is 13.1. The Labute approximate surface area is 130 Å². The Morgan fingerprint density at radius 3 is 2.60 bits per heavy atom. The van der Waals surface area contributed by atoms with Crippen molar-refractivity contribution in [2.75, 3.05) is 5.32 Å². The zero-order chi connectivity index (χ0) is 14.7. The Kier molecular flexibility index (Phi) is 4.68. The third-order valence-corrected chi connectivity index (χ3v) is 3.89. The summed E-state index contributed by atoms with van der Waals surface area (Å²) in [5, 5.41) is 12.6. The Hall–Kier alpha value is -1.52. The van der Waals surface area contributed by atoms with E-state index in [1.165, 1.54) is 0 Å². The molecule has 5 heteroatoms. The summed E-state index contributed by atoms with van der Waals surface area (Å²) in [4.78, 5) is 12.0. The topological polar surface area (TPSA) is 49.3 Å². The first kappa shape index (κ1) is 14.9. The molecule has 0 aliphatic heterocycles. The van der Waals surface area contributed by atoms with Crippen molar-refractivity contribution >= 4 is 39.1 Å². The van der Waals surface area contributed by atoms with Gasteiger partial charge in [-0.1, -0.05) is 23.7 Å². The molecule has 0 heterocycles. The van der Waals surface area contributed by atoms with E-state index in [1.54, 1.807) is 30.3 Å². The summed E-state index contributed by atoms with van der Waals surface area (Å²) in [5.74, 6) is 0.0403.